The van der Waals surface area contributed by atoms with Gasteiger partial charge in [-0.25, -0.2) is 0 Å². The molecular formula is C25H32BrN5O3. The molecule has 2 aromatic carbocycles. The van der Waals surface area contributed by atoms with Crippen LogP contribution in [0, 0.1) is 5.41 Å². The van der Waals surface area contributed by atoms with Crippen LogP contribution in [-0.2, 0) is 12.0 Å². The number of Topliss-reactive ketones (excluding diaryl/α,β-unsaturated/α-hetero) is 1. The van der Waals surface area contributed by atoms with E-state index >= 15 is 0 Å². The topological polar surface area (TPSA) is 97.8 Å². The Morgan fingerprint density at radius 2 is 1.88 bits per heavy atom. The van der Waals surface area contributed by atoms with Gasteiger partial charge < -0.3 is 25.2 Å². The maximum absolute atomic E-state index is 13.3. The third kappa shape index (κ3) is 4.24. The van der Waals surface area contributed by atoms with Crippen LogP contribution in [0.15, 0.2) is 24.3 Å². The highest BCUT2D eigenvalue weighted by molar-refractivity contribution is 8.93. The van der Waals surface area contributed by atoms with Gasteiger partial charge in [0.05, 0.1) is 24.4 Å². The molecule has 0 atom stereocenters. The molecule has 0 aliphatic carbocycles. The third-order valence-corrected chi connectivity index (χ3v) is 6.43. The number of ketones is 1. The van der Waals surface area contributed by atoms with Crippen molar-refractivity contribution >= 4 is 45.9 Å². The Kier molecular flexibility index (Phi) is 6.98. The number of hydrogen-bond donors (Lipinski definition) is 3. The van der Waals surface area contributed by atoms with Gasteiger partial charge in [0.2, 0.25) is 0 Å². The number of nitrogens with zero attached hydrogens (tertiary/aromatic N) is 2. The van der Waals surface area contributed by atoms with E-state index in [-0.39, 0.29) is 46.5 Å². The van der Waals surface area contributed by atoms with Gasteiger partial charge in [0, 0.05) is 62.5 Å². The Morgan fingerprint density at radius 3 is 2.50 bits per heavy atom. The second kappa shape index (κ2) is 9.29. The third-order valence-electron chi connectivity index (χ3n) is 6.43. The van der Waals surface area contributed by atoms with Gasteiger partial charge in [-0.2, -0.15) is 0 Å². The fraction of sp³-hybridized carbons (Fsp3) is 0.400. The zero-order chi connectivity index (χ0) is 24.1. The molecule has 2 heterocycles. The van der Waals surface area contributed by atoms with Gasteiger partial charge in [-0.3, -0.25) is 15.0 Å². The molecule has 0 aromatic heterocycles. The number of hydrogen-bond acceptors (Lipinski definition) is 6. The van der Waals surface area contributed by atoms with Crippen LogP contribution in [0.5, 0.6) is 5.75 Å². The van der Waals surface area contributed by atoms with Crippen LogP contribution in [-0.4, -0.2) is 63.8 Å². The molecule has 0 radical (unpaired) electrons. The number of ether oxygens (including phenoxy) is 1. The minimum atomic E-state index is -0.202. The highest BCUT2D eigenvalue weighted by Crippen LogP contribution is 2.44. The molecule has 0 bridgehead atoms. The van der Waals surface area contributed by atoms with Crippen LogP contribution in [0.4, 0.5) is 11.4 Å². The van der Waals surface area contributed by atoms with Crippen LogP contribution in [0.3, 0.4) is 0 Å². The van der Waals surface area contributed by atoms with E-state index in [2.05, 4.69) is 24.5 Å². The molecular weight excluding hydrogens is 498 g/mol. The number of benzene rings is 2. The van der Waals surface area contributed by atoms with Gasteiger partial charge in [-0.15, -0.1) is 17.0 Å². The Bertz CT molecular complexity index is 1180. The highest BCUT2D eigenvalue weighted by Gasteiger charge is 2.35. The van der Waals surface area contributed by atoms with Crippen molar-refractivity contribution in [1.29, 1.82) is 5.41 Å². The predicted octanol–water partition coefficient (Wildman–Crippen LogP) is 3.43. The normalized spacial score (nSPS) is 15.1. The molecule has 4 rings (SSSR count). The number of nitrogens with one attached hydrogen (secondary N) is 3. The van der Waals surface area contributed by atoms with E-state index in [0.29, 0.717) is 29.8 Å². The summed E-state index contributed by atoms with van der Waals surface area (Å²) in [6, 6.07) is 7.44. The summed E-state index contributed by atoms with van der Waals surface area (Å²) in [4.78, 5) is 29.3. The summed E-state index contributed by atoms with van der Waals surface area (Å²) in [6.45, 7) is 5.32. The number of halogens is 1. The van der Waals surface area contributed by atoms with Crippen LogP contribution in [0.1, 0.15) is 51.3 Å². The van der Waals surface area contributed by atoms with Crippen molar-refractivity contribution in [2.45, 2.75) is 25.8 Å². The average Bonchev–Trinajstić information content (AvgIpc) is 3.26. The molecule has 2 aromatic rings. The Hall–Kier alpha value is -3.07. The Balaban J connectivity index is 0.00000324. The van der Waals surface area contributed by atoms with E-state index in [1.807, 2.05) is 44.2 Å². The van der Waals surface area contributed by atoms with Gasteiger partial charge in [0.25, 0.3) is 5.91 Å². The SMILES string of the molecule is Br.CNC(=O)c1cc2c(cc1N(C)C)CN(CC(=O)c1cc(NC)c3c(c1)C(C)(C)CO3)C2=N. The van der Waals surface area contributed by atoms with Crippen molar-refractivity contribution in [3.63, 3.8) is 0 Å². The van der Waals surface area contributed by atoms with Gasteiger partial charge in [-0.05, 0) is 29.8 Å². The molecule has 0 fully saturated rings. The molecule has 2 aliphatic heterocycles. The Labute approximate surface area is 210 Å². The van der Waals surface area contributed by atoms with Crippen LogP contribution in [0.2, 0.25) is 0 Å². The van der Waals surface area contributed by atoms with E-state index in [1.165, 1.54) is 0 Å². The zero-order valence-corrected chi connectivity index (χ0v) is 22.2. The number of carbonyl (C=O) groups excluding carboxylic acids is 2. The van der Waals surface area contributed by atoms with E-state index in [4.69, 9.17) is 10.1 Å². The molecule has 0 saturated carbocycles. The number of amides is 1. The minimum absolute atomic E-state index is 0. The number of rotatable bonds is 6. The smallest absolute Gasteiger partial charge is 0.253 e. The first-order valence-electron chi connectivity index (χ1n) is 11.0. The van der Waals surface area contributed by atoms with Crippen molar-refractivity contribution in [2.24, 2.45) is 0 Å². The molecule has 9 heteroatoms. The van der Waals surface area contributed by atoms with E-state index in [9.17, 15) is 9.59 Å². The lowest BCUT2D eigenvalue weighted by molar-refractivity contribution is 0.0955. The molecule has 2 aliphatic rings. The summed E-state index contributed by atoms with van der Waals surface area (Å²) >= 11 is 0. The summed E-state index contributed by atoms with van der Waals surface area (Å²) in [5, 5.41) is 14.5. The molecule has 0 saturated heterocycles. The summed E-state index contributed by atoms with van der Waals surface area (Å²) in [5.41, 5.74) is 5.16. The first kappa shape index (κ1) is 25.6. The van der Waals surface area contributed by atoms with Gasteiger partial charge >= 0.3 is 0 Å². The standard InChI is InChI=1S/C25H31N5O3.BrH/c1-25(2)13-33-22-18(25)7-14(8-19(22)27-3)21(31)12-30-11-15-9-20(29(5)6)17(24(32)28-4)10-16(15)23(30)26;/h7-10,26-27H,11-13H2,1-6H3,(H,28,32);1H. The van der Waals surface area contributed by atoms with Crippen molar-refractivity contribution in [3.8, 4) is 5.75 Å². The number of fused-ring (bicyclic) bond motifs is 2. The summed E-state index contributed by atoms with van der Waals surface area (Å²) in [6.07, 6.45) is 0. The lowest BCUT2D eigenvalue weighted by atomic mass is 9.85. The maximum atomic E-state index is 13.3. The summed E-state index contributed by atoms with van der Waals surface area (Å²) in [5.74, 6) is 0.797. The molecule has 0 unspecified atom stereocenters. The van der Waals surface area contributed by atoms with Crippen molar-refractivity contribution < 1.29 is 14.3 Å². The van der Waals surface area contributed by atoms with Crippen molar-refractivity contribution in [2.75, 3.05) is 51.6 Å². The largest absolute Gasteiger partial charge is 0.490 e. The van der Waals surface area contributed by atoms with Crippen molar-refractivity contribution in [1.82, 2.24) is 10.2 Å². The zero-order valence-electron chi connectivity index (χ0n) is 20.5. The first-order valence-corrected chi connectivity index (χ1v) is 11.0. The van der Waals surface area contributed by atoms with E-state index in [0.717, 1.165) is 28.3 Å². The molecule has 1 amide bonds. The molecule has 182 valence electrons. The number of anilines is 2. The highest BCUT2D eigenvalue weighted by atomic mass is 79.9. The molecule has 34 heavy (non-hydrogen) atoms. The average molecular weight is 530 g/mol. The predicted molar refractivity (Wildman–Crippen MR) is 141 cm³/mol. The molecule has 3 N–H and O–H groups in total. The van der Waals surface area contributed by atoms with Gasteiger partial charge in [-0.1, -0.05) is 13.8 Å². The minimum Gasteiger partial charge on any atom is -0.490 e. The van der Waals surface area contributed by atoms with Crippen LogP contribution < -0.4 is 20.3 Å². The van der Waals surface area contributed by atoms with Gasteiger partial charge in [0.15, 0.2) is 5.78 Å². The number of amidine groups is 1. The monoisotopic (exact) mass is 529 g/mol. The second-order valence-electron chi connectivity index (χ2n) is 9.45. The van der Waals surface area contributed by atoms with Gasteiger partial charge in [0.1, 0.15) is 11.6 Å². The maximum Gasteiger partial charge on any atom is 0.253 e. The van der Waals surface area contributed by atoms with Crippen LogP contribution >= 0.6 is 17.0 Å². The second-order valence-corrected chi connectivity index (χ2v) is 9.45. The Morgan fingerprint density at radius 1 is 1.18 bits per heavy atom. The van der Waals surface area contributed by atoms with E-state index < -0.39 is 0 Å². The fourth-order valence-electron chi connectivity index (χ4n) is 4.49. The first-order chi connectivity index (χ1) is 15.6. The summed E-state index contributed by atoms with van der Waals surface area (Å²) < 4.78 is 5.88. The van der Waals surface area contributed by atoms with Crippen LogP contribution in [0.25, 0.3) is 0 Å². The molecule has 0 spiro atoms. The number of carbonyl (C=O) groups is 2. The van der Waals surface area contributed by atoms with Crippen molar-refractivity contribution in [3.05, 3.63) is 52.1 Å². The quantitative estimate of drug-likeness (QED) is 0.496. The summed E-state index contributed by atoms with van der Waals surface area (Å²) in [7, 11) is 7.17. The molecule has 8 nitrogen and oxygen atoms in total. The lowest BCUT2D eigenvalue weighted by Gasteiger charge is -2.19. The lowest BCUT2D eigenvalue weighted by Crippen LogP contribution is -2.30. The van der Waals surface area contributed by atoms with E-state index in [1.54, 1.807) is 18.0 Å². The fourth-order valence-corrected chi connectivity index (χ4v) is 4.49.